The van der Waals surface area contributed by atoms with E-state index in [9.17, 15) is 13.2 Å². The molecule has 0 fully saturated rings. The van der Waals surface area contributed by atoms with Crippen molar-refractivity contribution in [3.05, 3.63) is 64.7 Å². The zero-order valence-electron chi connectivity index (χ0n) is 12.0. The van der Waals surface area contributed by atoms with Crippen molar-refractivity contribution in [3.8, 4) is 0 Å². The summed E-state index contributed by atoms with van der Waals surface area (Å²) in [6.45, 7) is 1.89. The summed E-state index contributed by atoms with van der Waals surface area (Å²) >= 11 is 5.75. The summed E-state index contributed by atoms with van der Waals surface area (Å²) in [5.74, 6) is -1.26. The number of anilines is 1. The van der Waals surface area contributed by atoms with Crippen molar-refractivity contribution >= 4 is 33.0 Å². The second-order valence-corrected chi connectivity index (χ2v) is 7.58. The Labute approximate surface area is 135 Å². The minimum atomic E-state index is -3.52. The maximum atomic E-state index is 12.1. The Morgan fingerprint density at radius 2 is 1.82 bits per heavy atom. The third-order valence-corrected chi connectivity index (χ3v) is 4.68. The molecule has 0 saturated carbocycles. The molecule has 6 heteroatoms. The molecule has 1 amide bonds. The number of carbonyl (C=O) groups is 1. The van der Waals surface area contributed by atoms with E-state index in [2.05, 4.69) is 5.32 Å². The first-order valence-corrected chi connectivity index (χ1v) is 8.85. The molecule has 2 aromatic carbocycles. The summed E-state index contributed by atoms with van der Waals surface area (Å²) in [5, 5.41) is 3.09. The molecule has 1 N–H and O–H groups in total. The van der Waals surface area contributed by atoms with E-state index in [1.165, 1.54) is 0 Å². The van der Waals surface area contributed by atoms with E-state index >= 15 is 0 Å². The number of rotatable bonds is 5. The van der Waals surface area contributed by atoms with E-state index < -0.39 is 21.5 Å². The molecule has 0 aromatic heterocycles. The van der Waals surface area contributed by atoms with Gasteiger partial charge in [-0.25, -0.2) is 8.42 Å². The fourth-order valence-electron chi connectivity index (χ4n) is 2.04. The van der Waals surface area contributed by atoms with Gasteiger partial charge in [-0.15, -0.1) is 0 Å². The number of benzene rings is 2. The number of halogens is 1. The summed E-state index contributed by atoms with van der Waals surface area (Å²) in [6.07, 6.45) is 0. The maximum Gasteiger partial charge on any atom is 0.239 e. The van der Waals surface area contributed by atoms with Gasteiger partial charge in [0, 0.05) is 10.7 Å². The lowest BCUT2D eigenvalue weighted by atomic mass is 10.2. The smallest absolute Gasteiger partial charge is 0.239 e. The molecule has 2 aromatic rings. The van der Waals surface area contributed by atoms with Crippen LogP contribution in [0.5, 0.6) is 0 Å². The van der Waals surface area contributed by atoms with Gasteiger partial charge < -0.3 is 5.32 Å². The van der Waals surface area contributed by atoms with Crippen LogP contribution in [0.3, 0.4) is 0 Å². The molecule has 0 heterocycles. The van der Waals surface area contributed by atoms with Crippen LogP contribution < -0.4 is 5.32 Å². The van der Waals surface area contributed by atoms with Crippen LogP contribution in [-0.2, 0) is 20.4 Å². The van der Waals surface area contributed by atoms with E-state index in [1.54, 1.807) is 42.5 Å². The molecular formula is C16H16ClNO3S. The minimum absolute atomic E-state index is 0.150. The third-order valence-electron chi connectivity index (χ3n) is 2.95. The number of nitrogens with one attached hydrogen (secondary N) is 1. The van der Waals surface area contributed by atoms with Crippen molar-refractivity contribution in [1.29, 1.82) is 0 Å². The molecule has 0 radical (unpaired) electrons. The van der Waals surface area contributed by atoms with Gasteiger partial charge in [-0.3, -0.25) is 4.79 Å². The SMILES string of the molecule is Cc1cccc(CS(=O)(=O)CC(=O)Nc2ccc(Cl)cc2)c1. The molecule has 0 unspecified atom stereocenters. The first-order valence-electron chi connectivity index (χ1n) is 6.65. The maximum absolute atomic E-state index is 12.1. The Morgan fingerprint density at radius 1 is 1.14 bits per heavy atom. The first kappa shape index (κ1) is 16.5. The van der Waals surface area contributed by atoms with E-state index in [4.69, 9.17) is 11.6 Å². The van der Waals surface area contributed by atoms with Crippen LogP contribution in [0.2, 0.25) is 5.02 Å². The van der Waals surface area contributed by atoms with Crippen molar-refractivity contribution < 1.29 is 13.2 Å². The highest BCUT2D eigenvalue weighted by atomic mass is 35.5. The summed E-state index contributed by atoms with van der Waals surface area (Å²) in [5.41, 5.74) is 2.18. The van der Waals surface area contributed by atoms with Crippen LogP contribution in [0, 0.1) is 6.92 Å². The average Bonchev–Trinajstić information content (AvgIpc) is 2.40. The van der Waals surface area contributed by atoms with Gasteiger partial charge in [0.05, 0.1) is 5.75 Å². The molecular weight excluding hydrogens is 322 g/mol. The van der Waals surface area contributed by atoms with E-state index in [-0.39, 0.29) is 5.75 Å². The van der Waals surface area contributed by atoms with Crippen LogP contribution in [0.15, 0.2) is 48.5 Å². The van der Waals surface area contributed by atoms with Crippen LogP contribution in [-0.4, -0.2) is 20.1 Å². The van der Waals surface area contributed by atoms with Gasteiger partial charge in [0.25, 0.3) is 0 Å². The minimum Gasteiger partial charge on any atom is -0.325 e. The van der Waals surface area contributed by atoms with Gasteiger partial charge in [0.15, 0.2) is 9.84 Å². The predicted molar refractivity (Wildman–Crippen MR) is 88.8 cm³/mol. The second-order valence-electron chi connectivity index (χ2n) is 5.08. The van der Waals surface area contributed by atoms with Gasteiger partial charge in [0.1, 0.15) is 5.75 Å². The molecule has 0 bridgehead atoms. The largest absolute Gasteiger partial charge is 0.325 e. The van der Waals surface area contributed by atoms with Crippen molar-refractivity contribution in [2.24, 2.45) is 0 Å². The lowest BCUT2D eigenvalue weighted by molar-refractivity contribution is -0.113. The summed E-state index contributed by atoms with van der Waals surface area (Å²) in [6, 6.07) is 13.7. The highest BCUT2D eigenvalue weighted by Gasteiger charge is 2.17. The molecule has 0 spiro atoms. The zero-order valence-corrected chi connectivity index (χ0v) is 13.6. The normalized spacial score (nSPS) is 11.2. The van der Waals surface area contributed by atoms with Crippen molar-refractivity contribution in [2.45, 2.75) is 12.7 Å². The summed E-state index contributed by atoms with van der Waals surface area (Å²) in [7, 11) is -3.52. The number of amides is 1. The Balaban J connectivity index is 1.99. The topological polar surface area (TPSA) is 63.2 Å². The number of carbonyl (C=O) groups excluding carboxylic acids is 1. The quantitative estimate of drug-likeness (QED) is 0.911. The number of sulfone groups is 1. The van der Waals surface area contributed by atoms with Gasteiger partial charge in [-0.1, -0.05) is 41.4 Å². The second kappa shape index (κ2) is 6.94. The van der Waals surface area contributed by atoms with Crippen LogP contribution in [0.1, 0.15) is 11.1 Å². The molecule has 0 saturated heterocycles. The van der Waals surface area contributed by atoms with Crippen LogP contribution in [0.25, 0.3) is 0 Å². The summed E-state index contributed by atoms with van der Waals surface area (Å²) in [4.78, 5) is 11.8. The third kappa shape index (κ3) is 5.16. The molecule has 116 valence electrons. The first-order chi connectivity index (χ1) is 10.3. The van der Waals surface area contributed by atoms with Crippen molar-refractivity contribution in [1.82, 2.24) is 0 Å². The van der Waals surface area contributed by atoms with Crippen molar-refractivity contribution in [2.75, 3.05) is 11.1 Å². The van der Waals surface area contributed by atoms with Gasteiger partial charge >= 0.3 is 0 Å². The average molecular weight is 338 g/mol. The molecule has 0 atom stereocenters. The number of aryl methyl sites for hydroxylation is 1. The molecule has 0 aliphatic heterocycles. The Bertz CT molecular complexity index is 770. The Kier molecular flexibility index (Phi) is 5.21. The van der Waals surface area contributed by atoms with Crippen molar-refractivity contribution in [3.63, 3.8) is 0 Å². The number of hydrogen-bond acceptors (Lipinski definition) is 3. The monoisotopic (exact) mass is 337 g/mol. The standard InChI is InChI=1S/C16H16ClNO3S/c1-12-3-2-4-13(9-12)10-22(20,21)11-16(19)18-15-7-5-14(17)6-8-15/h2-9H,10-11H2,1H3,(H,18,19). The van der Waals surface area contributed by atoms with Gasteiger partial charge in [-0.05, 0) is 36.8 Å². The highest BCUT2D eigenvalue weighted by Crippen LogP contribution is 2.14. The lowest BCUT2D eigenvalue weighted by Crippen LogP contribution is -2.23. The number of hydrogen-bond donors (Lipinski definition) is 1. The predicted octanol–water partition coefficient (Wildman–Crippen LogP) is 3.20. The highest BCUT2D eigenvalue weighted by molar-refractivity contribution is 7.91. The molecule has 22 heavy (non-hydrogen) atoms. The molecule has 4 nitrogen and oxygen atoms in total. The molecule has 0 aliphatic carbocycles. The van der Waals surface area contributed by atoms with Crippen LogP contribution in [0.4, 0.5) is 5.69 Å². The van der Waals surface area contributed by atoms with E-state index in [1.807, 2.05) is 13.0 Å². The zero-order chi connectivity index (χ0) is 16.2. The van der Waals surface area contributed by atoms with Crippen LogP contribution >= 0.6 is 11.6 Å². The van der Waals surface area contributed by atoms with Gasteiger partial charge in [-0.2, -0.15) is 0 Å². The Morgan fingerprint density at radius 3 is 2.45 bits per heavy atom. The fraction of sp³-hybridized carbons (Fsp3) is 0.188. The molecule has 0 aliphatic rings. The lowest BCUT2D eigenvalue weighted by Gasteiger charge is -2.07. The summed E-state index contributed by atoms with van der Waals surface area (Å²) < 4.78 is 24.2. The fourth-order valence-corrected chi connectivity index (χ4v) is 3.42. The molecule has 2 rings (SSSR count). The van der Waals surface area contributed by atoms with E-state index in [0.29, 0.717) is 16.3 Å². The van der Waals surface area contributed by atoms with Gasteiger partial charge in [0.2, 0.25) is 5.91 Å². The van der Waals surface area contributed by atoms with E-state index in [0.717, 1.165) is 5.56 Å². The Hall–Kier alpha value is -1.85.